The third-order valence-corrected chi connectivity index (χ3v) is 12.8. The first-order valence-electron chi connectivity index (χ1n) is 16.1. The highest BCUT2D eigenvalue weighted by atomic mass is 32.2. The third kappa shape index (κ3) is 6.83. The van der Waals surface area contributed by atoms with E-state index in [0.29, 0.717) is 31.2 Å². The van der Waals surface area contributed by atoms with Crippen molar-refractivity contribution in [3.63, 3.8) is 0 Å². The van der Waals surface area contributed by atoms with Gasteiger partial charge in [0.25, 0.3) is 0 Å². The Hall–Kier alpha value is -1.32. The van der Waals surface area contributed by atoms with Crippen LogP contribution in [0.4, 0.5) is 0 Å². The zero-order valence-electron chi connectivity index (χ0n) is 27.9. The number of hydrogen-bond acceptors (Lipinski definition) is 8. The Morgan fingerprint density at radius 3 is 2.50 bits per heavy atom. The molecule has 0 saturated heterocycles. The number of rotatable bonds is 11. The molecule has 0 aliphatic heterocycles. The second kappa shape index (κ2) is 13.4. The van der Waals surface area contributed by atoms with Crippen molar-refractivity contribution in [2.45, 2.75) is 130 Å². The Morgan fingerprint density at radius 2 is 1.90 bits per heavy atom. The average molecular weight is 610 g/mol. The Balaban J connectivity index is 1.84. The molecule has 3 aliphatic rings. The molecule has 0 spiro atoms. The van der Waals surface area contributed by atoms with Crippen molar-refractivity contribution in [1.82, 2.24) is 5.32 Å². The molecule has 3 saturated carbocycles. The maximum atomic E-state index is 13.6. The molecule has 0 aromatic carbocycles. The van der Waals surface area contributed by atoms with Crippen molar-refractivity contribution in [2.75, 3.05) is 19.4 Å². The lowest BCUT2D eigenvalue weighted by Gasteiger charge is -2.62. The number of amides is 1. The van der Waals surface area contributed by atoms with Crippen LogP contribution >= 0.6 is 11.8 Å². The van der Waals surface area contributed by atoms with Gasteiger partial charge in [-0.15, -0.1) is 11.8 Å². The molecule has 1 amide bonds. The first-order valence-corrected chi connectivity index (χ1v) is 17.1. The van der Waals surface area contributed by atoms with E-state index in [9.17, 15) is 14.7 Å². The summed E-state index contributed by atoms with van der Waals surface area (Å²) >= 11 is 1.49. The lowest BCUT2D eigenvalue weighted by Crippen LogP contribution is -2.63. The summed E-state index contributed by atoms with van der Waals surface area (Å²) in [6, 6.07) is -0.534. The second-order valence-corrected chi connectivity index (χ2v) is 16.8. The van der Waals surface area contributed by atoms with Crippen molar-refractivity contribution < 1.29 is 24.3 Å². The number of nitrogens with zero attached hydrogens (tertiary/aromatic N) is 1. The van der Waals surface area contributed by atoms with Crippen LogP contribution in [-0.4, -0.2) is 65.1 Å². The molecule has 4 N–H and O–H groups in total. The summed E-state index contributed by atoms with van der Waals surface area (Å²) in [4.78, 5) is 31.4. The molecule has 242 valence electrons. The Labute approximate surface area is 259 Å². The van der Waals surface area contributed by atoms with Gasteiger partial charge in [0.1, 0.15) is 13.2 Å². The molecule has 0 radical (unpaired) electrons. The molecule has 3 rings (SSSR count). The van der Waals surface area contributed by atoms with Gasteiger partial charge < -0.3 is 25.7 Å². The number of oxime groups is 1. The first-order chi connectivity index (χ1) is 19.5. The van der Waals surface area contributed by atoms with Crippen molar-refractivity contribution in [2.24, 2.45) is 50.8 Å². The van der Waals surface area contributed by atoms with Gasteiger partial charge in [0.15, 0.2) is 0 Å². The van der Waals surface area contributed by atoms with Crippen molar-refractivity contribution >= 4 is 29.4 Å². The predicted octanol–water partition coefficient (Wildman–Crippen LogP) is 5.55. The van der Waals surface area contributed by atoms with Crippen LogP contribution in [0.5, 0.6) is 0 Å². The molecule has 2 bridgehead atoms. The number of thioether (sulfide) groups is 1. The predicted molar refractivity (Wildman–Crippen MR) is 171 cm³/mol. The molecular weight excluding hydrogens is 550 g/mol. The van der Waals surface area contributed by atoms with E-state index in [4.69, 9.17) is 15.3 Å². The minimum absolute atomic E-state index is 0.0758. The zero-order valence-corrected chi connectivity index (χ0v) is 28.7. The highest BCUT2D eigenvalue weighted by Crippen LogP contribution is 2.68. The fourth-order valence-corrected chi connectivity index (χ4v) is 9.25. The highest BCUT2D eigenvalue weighted by molar-refractivity contribution is 8.01. The maximum absolute atomic E-state index is 13.6. The topological polar surface area (TPSA) is 123 Å². The van der Waals surface area contributed by atoms with Crippen LogP contribution in [0.1, 0.15) is 107 Å². The minimum atomic E-state index is -0.534. The van der Waals surface area contributed by atoms with Crippen LogP contribution in [-0.2, 0) is 19.2 Å². The summed E-state index contributed by atoms with van der Waals surface area (Å²) in [5.41, 5.74) is 6.27. The van der Waals surface area contributed by atoms with Gasteiger partial charge in [0, 0.05) is 22.6 Å². The average Bonchev–Trinajstić information content (AvgIpc) is 3.31. The molecule has 0 aromatic heterocycles. The van der Waals surface area contributed by atoms with Gasteiger partial charge in [0.05, 0.1) is 23.6 Å². The van der Waals surface area contributed by atoms with Gasteiger partial charge in [-0.25, -0.2) is 0 Å². The summed E-state index contributed by atoms with van der Waals surface area (Å²) in [5, 5.41) is 19.4. The number of carbonyl (C=O) groups excluding carboxylic acids is 2. The number of aliphatic hydroxyl groups excluding tert-OH is 1. The van der Waals surface area contributed by atoms with Gasteiger partial charge in [0.2, 0.25) is 5.91 Å². The smallest absolute Gasteiger partial charge is 0.316 e. The Morgan fingerprint density at radius 1 is 1.24 bits per heavy atom. The number of aliphatic hydroxyl groups is 1. The number of nitrogens with two attached hydrogens (primary N) is 1. The monoisotopic (exact) mass is 609 g/mol. The molecular formula is C33H59N3O5S. The highest BCUT2D eigenvalue weighted by Gasteiger charge is 2.67. The van der Waals surface area contributed by atoms with Gasteiger partial charge in [-0.1, -0.05) is 53.6 Å². The summed E-state index contributed by atoms with van der Waals surface area (Å²) < 4.78 is 6.15. The minimum Gasteiger partial charge on any atom is -0.461 e. The van der Waals surface area contributed by atoms with Crippen molar-refractivity contribution in [3.05, 3.63) is 0 Å². The fraction of sp³-hybridized carbons (Fsp3) is 0.909. The first kappa shape index (κ1) is 35.2. The van der Waals surface area contributed by atoms with E-state index in [1.165, 1.54) is 11.8 Å². The summed E-state index contributed by atoms with van der Waals surface area (Å²) in [7, 11) is 1.60. The van der Waals surface area contributed by atoms with Gasteiger partial charge in [-0.3, -0.25) is 9.59 Å². The van der Waals surface area contributed by atoms with E-state index in [0.717, 1.165) is 37.8 Å². The van der Waals surface area contributed by atoms with E-state index in [2.05, 4.69) is 45.1 Å². The van der Waals surface area contributed by atoms with Crippen LogP contribution in [0.15, 0.2) is 5.16 Å². The Kier molecular flexibility index (Phi) is 11.2. The zero-order chi connectivity index (χ0) is 31.7. The van der Waals surface area contributed by atoms with Gasteiger partial charge in [-0.2, -0.15) is 0 Å². The molecule has 3 fully saturated rings. The SMILES string of the molecule is CC[C@]1(C)C[C@@H](OC(=O)CSC(C)(C)CNC(=O)[C@H](N)CC(C)C)[C@]2(C)[C@H](C)CC[C@]3(CC/C(=N\OC)[C@H]32)[C@@H](C)[C@@H]1O. The molecule has 9 heteroatoms. The number of esters is 1. The van der Waals surface area contributed by atoms with Crippen molar-refractivity contribution in [3.8, 4) is 0 Å². The number of ether oxygens (including phenoxy) is 1. The lowest BCUT2D eigenvalue weighted by molar-refractivity contribution is -0.202. The van der Waals surface area contributed by atoms with Crippen LogP contribution in [0, 0.1) is 39.9 Å². The van der Waals surface area contributed by atoms with E-state index < -0.39 is 12.1 Å². The largest absolute Gasteiger partial charge is 0.461 e. The van der Waals surface area contributed by atoms with E-state index in [1.807, 2.05) is 27.7 Å². The molecule has 42 heavy (non-hydrogen) atoms. The van der Waals surface area contributed by atoms with Crippen LogP contribution < -0.4 is 11.1 Å². The van der Waals surface area contributed by atoms with Crippen molar-refractivity contribution in [1.29, 1.82) is 0 Å². The van der Waals surface area contributed by atoms with E-state index >= 15 is 0 Å². The maximum Gasteiger partial charge on any atom is 0.316 e. The third-order valence-electron chi connectivity index (χ3n) is 11.5. The van der Waals surface area contributed by atoms with Crippen LogP contribution in [0.3, 0.4) is 0 Å². The van der Waals surface area contributed by atoms with Gasteiger partial charge >= 0.3 is 5.97 Å². The molecule has 0 unspecified atom stereocenters. The normalized spacial score (nSPS) is 38.4. The molecule has 3 aliphatic carbocycles. The quantitative estimate of drug-likeness (QED) is 0.207. The number of carbonyl (C=O) groups is 2. The van der Waals surface area contributed by atoms with Gasteiger partial charge in [-0.05, 0) is 87.4 Å². The summed E-state index contributed by atoms with van der Waals surface area (Å²) in [6.45, 7) is 19.7. The molecule has 9 atom stereocenters. The molecule has 0 heterocycles. The molecule has 8 nitrogen and oxygen atoms in total. The standard InChI is InChI=1S/C33H59N3O5S/c1-11-31(8)17-25(41-26(37)18-42-30(6,7)19-35-29(39)23(34)16-20(2)3)32(9)21(4)12-14-33(22(5)28(31)38)15-13-24(27(32)33)36-40-10/h20-23,25,27-28,38H,11-19,34H2,1-10H3,(H,35,39)/b36-24+/t21-,22+,23-,25-,27+,28+,31-,32+,33+/m1/s1. The van der Waals surface area contributed by atoms with Crippen LogP contribution in [0.2, 0.25) is 0 Å². The van der Waals surface area contributed by atoms with E-state index in [1.54, 1.807) is 7.11 Å². The fourth-order valence-electron chi connectivity index (χ4n) is 8.50. The molecule has 0 aromatic rings. The summed E-state index contributed by atoms with van der Waals surface area (Å²) in [6.07, 6.45) is 5.04. The Bertz CT molecular complexity index is 1000. The second-order valence-electron chi connectivity index (χ2n) is 15.2. The number of hydrogen-bond donors (Lipinski definition) is 3. The number of nitrogens with one attached hydrogen (secondary N) is 1. The van der Waals surface area contributed by atoms with E-state index in [-0.39, 0.29) is 56.6 Å². The summed E-state index contributed by atoms with van der Waals surface area (Å²) in [5.74, 6) is 0.594. The van der Waals surface area contributed by atoms with Crippen LogP contribution in [0.25, 0.3) is 0 Å². The lowest BCUT2D eigenvalue weighted by atomic mass is 9.43.